The summed E-state index contributed by atoms with van der Waals surface area (Å²) in [5.74, 6) is 0.451. The van der Waals surface area contributed by atoms with E-state index in [2.05, 4.69) is 6.92 Å². The van der Waals surface area contributed by atoms with Gasteiger partial charge in [-0.25, -0.2) is 4.21 Å². The molecule has 0 aromatic rings. The molecule has 0 aliphatic heterocycles. The molecule has 0 radical (unpaired) electrons. The quantitative estimate of drug-likeness (QED) is 0.424. The van der Waals surface area contributed by atoms with E-state index >= 15 is 0 Å². The number of hydrogen-bond acceptors (Lipinski definition) is 1. The maximum absolute atomic E-state index is 10.2. The van der Waals surface area contributed by atoms with Crippen molar-refractivity contribution in [3.8, 4) is 0 Å². The van der Waals surface area contributed by atoms with Crippen LogP contribution >= 0.6 is 0 Å². The molecule has 0 saturated heterocycles. The van der Waals surface area contributed by atoms with E-state index in [9.17, 15) is 4.21 Å². The van der Waals surface area contributed by atoms with Crippen molar-refractivity contribution in [2.75, 3.05) is 5.75 Å². The minimum Gasteiger partial charge on any atom is -0.306 e. The summed E-state index contributed by atoms with van der Waals surface area (Å²) in [6.45, 7) is 2.18. The SMILES string of the molecule is CCCCCCCCS(=O)O.[Zn]. The molecule has 70 valence electrons. The van der Waals surface area contributed by atoms with E-state index in [1.54, 1.807) is 0 Å². The zero-order valence-corrected chi connectivity index (χ0v) is 11.7. The van der Waals surface area contributed by atoms with Crippen LogP contribution in [0, 0.1) is 0 Å². The van der Waals surface area contributed by atoms with Crippen molar-refractivity contribution in [3.63, 3.8) is 0 Å². The minimum atomic E-state index is -1.57. The Bertz CT molecular complexity index is 109. The van der Waals surface area contributed by atoms with E-state index in [1.165, 1.54) is 25.7 Å². The van der Waals surface area contributed by atoms with Crippen LogP contribution < -0.4 is 0 Å². The van der Waals surface area contributed by atoms with Crippen LogP contribution in [-0.4, -0.2) is 14.5 Å². The molecule has 0 rings (SSSR count). The Balaban J connectivity index is 0. The molecule has 0 spiro atoms. The van der Waals surface area contributed by atoms with Gasteiger partial charge in [-0.3, -0.25) is 0 Å². The predicted molar refractivity (Wildman–Crippen MR) is 49.0 cm³/mol. The third-order valence-corrected chi connectivity index (χ3v) is 2.31. The summed E-state index contributed by atoms with van der Waals surface area (Å²) < 4.78 is 18.6. The maximum atomic E-state index is 10.2. The molecule has 0 heterocycles. The topological polar surface area (TPSA) is 37.3 Å². The molecule has 0 aromatic carbocycles. The van der Waals surface area contributed by atoms with Crippen LogP contribution in [0.2, 0.25) is 0 Å². The van der Waals surface area contributed by atoms with Gasteiger partial charge in [0.25, 0.3) is 0 Å². The molecule has 0 aliphatic carbocycles. The molecule has 0 fully saturated rings. The van der Waals surface area contributed by atoms with Gasteiger partial charge in [-0.15, -0.1) is 0 Å². The molecule has 0 saturated carbocycles. The van der Waals surface area contributed by atoms with E-state index in [4.69, 9.17) is 4.55 Å². The Morgan fingerprint density at radius 1 is 1.08 bits per heavy atom. The smallest absolute Gasteiger partial charge is 0.152 e. The fourth-order valence-corrected chi connectivity index (χ4v) is 1.46. The molecular weight excluding hydrogens is 226 g/mol. The minimum absolute atomic E-state index is 0. The van der Waals surface area contributed by atoms with Crippen molar-refractivity contribution >= 4 is 11.1 Å². The third kappa shape index (κ3) is 13.3. The first kappa shape index (κ1) is 15.2. The zero-order valence-electron chi connectivity index (χ0n) is 7.92. The van der Waals surface area contributed by atoms with E-state index in [0.717, 1.165) is 12.8 Å². The molecule has 2 nitrogen and oxygen atoms in total. The van der Waals surface area contributed by atoms with Crippen molar-refractivity contribution in [3.05, 3.63) is 0 Å². The molecule has 1 N–H and O–H groups in total. The van der Waals surface area contributed by atoms with Crippen LogP contribution in [0.3, 0.4) is 0 Å². The number of unbranched alkanes of at least 4 members (excludes halogenated alkanes) is 5. The number of rotatable bonds is 7. The van der Waals surface area contributed by atoms with Gasteiger partial charge in [0, 0.05) is 25.2 Å². The van der Waals surface area contributed by atoms with Crippen LogP contribution in [0.5, 0.6) is 0 Å². The Morgan fingerprint density at radius 2 is 1.58 bits per heavy atom. The predicted octanol–water partition coefficient (Wildman–Crippen LogP) is 2.57. The Kier molecular flexibility index (Phi) is 14.9. The van der Waals surface area contributed by atoms with Crippen LogP contribution in [0.1, 0.15) is 45.4 Å². The van der Waals surface area contributed by atoms with Gasteiger partial charge in [0.2, 0.25) is 0 Å². The van der Waals surface area contributed by atoms with E-state index in [0.29, 0.717) is 5.75 Å². The monoisotopic (exact) mass is 242 g/mol. The molecule has 1 atom stereocenters. The summed E-state index contributed by atoms with van der Waals surface area (Å²) in [6, 6.07) is 0. The normalized spacial score (nSPS) is 12.2. The maximum Gasteiger partial charge on any atom is 0.152 e. The van der Waals surface area contributed by atoms with Gasteiger partial charge in [-0.05, 0) is 6.42 Å². The van der Waals surface area contributed by atoms with E-state index < -0.39 is 11.1 Å². The summed E-state index contributed by atoms with van der Waals surface area (Å²) in [7, 11) is 0. The molecule has 0 bridgehead atoms. The second kappa shape index (κ2) is 11.7. The van der Waals surface area contributed by atoms with Crippen molar-refractivity contribution in [1.29, 1.82) is 0 Å². The second-order valence-electron chi connectivity index (χ2n) is 2.79. The molecule has 1 unspecified atom stereocenters. The van der Waals surface area contributed by atoms with Gasteiger partial charge >= 0.3 is 0 Å². The largest absolute Gasteiger partial charge is 0.306 e. The van der Waals surface area contributed by atoms with Gasteiger partial charge in [0.1, 0.15) is 0 Å². The Labute approximate surface area is 90.6 Å². The Morgan fingerprint density at radius 3 is 2.08 bits per heavy atom. The summed E-state index contributed by atoms with van der Waals surface area (Å²) in [5, 5.41) is 0. The van der Waals surface area contributed by atoms with Gasteiger partial charge in [-0.2, -0.15) is 0 Å². The first-order valence-electron chi connectivity index (χ1n) is 4.35. The standard InChI is InChI=1S/C8H18O2S.Zn/c1-2-3-4-5-6-7-8-11(9)10;/h2-8H2,1H3,(H,9,10);. The van der Waals surface area contributed by atoms with Gasteiger partial charge < -0.3 is 4.55 Å². The first-order valence-corrected chi connectivity index (χ1v) is 5.62. The van der Waals surface area contributed by atoms with Crippen LogP contribution in [0.4, 0.5) is 0 Å². The second-order valence-corrected chi connectivity index (χ2v) is 3.84. The fourth-order valence-electron chi connectivity index (χ4n) is 1.01. The fraction of sp³-hybridized carbons (Fsp3) is 1.00. The molecule has 4 heteroatoms. The molecule has 0 aliphatic rings. The van der Waals surface area contributed by atoms with E-state index in [-0.39, 0.29) is 19.5 Å². The number of hydrogen-bond donors (Lipinski definition) is 1. The molecule has 0 aromatic heterocycles. The third-order valence-electron chi connectivity index (χ3n) is 1.67. The van der Waals surface area contributed by atoms with E-state index in [1.807, 2.05) is 0 Å². The average Bonchev–Trinajstić information content (AvgIpc) is 1.96. The van der Waals surface area contributed by atoms with Crippen molar-refractivity contribution in [1.82, 2.24) is 0 Å². The van der Waals surface area contributed by atoms with Crippen LogP contribution in [0.25, 0.3) is 0 Å². The van der Waals surface area contributed by atoms with Crippen LogP contribution in [0.15, 0.2) is 0 Å². The van der Waals surface area contributed by atoms with Crippen LogP contribution in [-0.2, 0) is 30.6 Å². The summed E-state index contributed by atoms with van der Waals surface area (Å²) in [6.07, 6.45) is 7.03. The van der Waals surface area contributed by atoms with Crippen molar-refractivity contribution < 1.29 is 28.2 Å². The van der Waals surface area contributed by atoms with Gasteiger partial charge in [0.15, 0.2) is 11.1 Å². The van der Waals surface area contributed by atoms with Gasteiger partial charge in [0.05, 0.1) is 0 Å². The molecular formula is C8H18O2SZn. The van der Waals surface area contributed by atoms with Crippen molar-refractivity contribution in [2.24, 2.45) is 0 Å². The molecule has 12 heavy (non-hydrogen) atoms. The summed E-state index contributed by atoms with van der Waals surface area (Å²) >= 11 is -1.57. The van der Waals surface area contributed by atoms with Crippen molar-refractivity contribution in [2.45, 2.75) is 45.4 Å². The molecule has 0 amide bonds. The Hall–Kier alpha value is 0.733. The van der Waals surface area contributed by atoms with Gasteiger partial charge in [-0.1, -0.05) is 39.0 Å². The summed E-state index contributed by atoms with van der Waals surface area (Å²) in [4.78, 5) is 0. The average molecular weight is 244 g/mol. The zero-order chi connectivity index (χ0) is 8.53. The first-order chi connectivity index (χ1) is 5.27. The summed E-state index contributed by atoms with van der Waals surface area (Å²) in [5.41, 5.74) is 0.